The van der Waals surface area contributed by atoms with Gasteiger partial charge in [-0.3, -0.25) is 10.1 Å². The third kappa shape index (κ3) is 3.47. The van der Waals surface area contributed by atoms with Crippen LogP contribution in [0.3, 0.4) is 0 Å². The van der Waals surface area contributed by atoms with Crippen molar-refractivity contribution in [3.8, 4) is 5.75 Å². The van der Waals surface area contributed by atoms with Crippen LogP contribution in [0, 0.1) is 10.1 Å². The van der Waals surface area contributed by atoms with E-state index in [1.54, 1.807) is 7.11 Å². The molecule has 0 radical (unpaired) electrons. The quantitative estimate of drug-likeness (QED) is 0.581. The van der Waals surface area contributed by atoms with Gasteiger partial charge in [0, 0.05) is 18.9 Å². The molecule has 1 atom stereocenters. The topological polar surface area (TPSA) is 89.8 Å². The van der Waals surface area contributed by atoms with E-state index in [4.69, 9.17) is 4.74 Å². The fourth-order valence-corrected chi connectivity index (χ4v) is 5.18. The number of anilines is 1. The highest BCUT2D eigenvalue weighted by Crippen LogP contribution is 2.46. The molecule has 7 nitrogen and oxygen atoms in total. The minimum atomic E-state index is -3.49. The van der Waals surface area contributed by atoms with Gasteiger partial charge in [0.25, 0.3) is 0 Å². The van der Waals surface area contributed by atoms with Crippen LogP contribution >= 0.6 is 11.3 Å². The lowest BCUT2D eigenvalue weighted by Crippen LogP contribution is -2.22. The van der Waals surface area contributed by atoms with Crippen molar-refractivity contribution < 1.29 is 18.1 Å². The van der Waals surface area contributed by atoms with Crippen molar-refractivity contribution in [1.82, 2.24) is 0 Å². The number of hydrogen-bond donors (Lipinski definition) is 0. The van der Waals surface area contributed by atoms with Crippen LogP contribution in [0.1, 0.15) is 24.4 Å². The zero-order valence-electron chi connectivity index (χ0n) is 13.8. The fourth-order valence-electron chi connectivity index (χ4n) is 3.07. The molecule has 0 saturated carbocycles. The lowest BCUT2D eigenvalue weighted by Gasteiger charge is -2.25. The van der Waals surface area contributed by atoms with E-state index in [0.717, 1.165) is 47.8 Å². The van der Waals surface area contributed by atoms with Gasteiger partial charge in [-0.1, -0.05) is 23.5 Å². The normalized spacial score (nSPS) is 17.7. The number of benzene rings is 1. The molecule has 0 amide bonds. The average molecular weight is 382 g/mol. The average Bonchev–Trinajstić information content (AvgIpc) is 3.20. The number of thiophene rings is 1. The van der Waals surface area contributed by atoms with Crippen molar-refractivity contribution in [2.45, 2.75) is 23.1 Å². The summed E-state index contributed by atoms with van der Waals surface area (Å²) in [5.41, 5.74) is 0.848. The van der Waals surface area contributed by atoms with Crippen LogP contribution in [0.4, 0.5) is 10.7 Å². The fraction of sp³-hybridized carbons (Fsp3) is 0.375. The summed E-state index contributed by atoms with van der Waals surface area (Å²) in [5, 5.41) is 11.8. The molecule has 1 fully saturated rings. The van der Waals surface area contributed by atoms with Crippen LogP contribution in [0.2, 0.25) is 0 Å². The standard InChI is InChI=1S/C16H18N2O5S2/c1-23-12-6-3-5-11(9-12)13-7-4-8-17(13)16-14(18(19)20)10-15(24-16)25(2,21)22/h3,5-6,9-10,13H,4,7-8H2,1-2H3. The zero-order valence-corrected chi connectivity index (χ0v) is 15.5. The Balaban J connectivity index is 2.05. The summed E-state index contributed by atoms with van der Waals surface area (Å²) in [6.45, 7) is 0.645. The molecule has 25 heavy (non-hydrogen) atoms. The molecular formula is C16H18N2O5S2. The summed E-state index contributed by atoms with van der Waals surface area (Å²) in [7, 11) is -1.90. The minimum Gasteiger partial charge on any atom is -0.497 e. The summed E-state index contributed by atoms with van der Waals surface area (Å²) in [4.78, 5) is 12.9. The first-order chi connectivity index (χ1) is 11.8. The lowest BCUT2D eigenvalue weighted by atomic mass is 10.0. The second kappa shape index (κ2) is 6.64. The summed E-state index contributed by atoms with van der Waals surface area (Å²) in [5.74, 6) is 0.724. The van der Waals surface area contributed by atoms with E-state index in [2.05, 4.69) is 0 Å². The molecule has 2 heterocycles. The van der Waals surface area contributed by atoms with Gasteiger partial charge in [0.15, 0.2) is 14.8 Å². The van der Waals surface area contributed by atoms with Gasteiger partial charge in [-0.05, 0) is 30.5 Å². The van der Waals surface area contributed by atoms with Gasteiger partial charge in [0.2, 0.25) is 0 Å². The molecule has 134 valence electrons. The number of rotatable bonds is 5. The zero-order chi connectivity index (χ0) is 18.2. The molecule has 0 spiro atoms. The second-order valence-electron chi connectivity index (χ2n) is 5.91. The van der Waals surface area contributed by atoms with Gasteiger partial charge in [0.1, 0.15) is 9.96 Å². The highest BCUT2D eigenvalue weighted by Gasteiger charge is 2.34. The Bertz CT molecular complexity index is 907. The van der Waals surface area contributed by atoms with Gasteiger partial charge in [-0.15, -0.1) is 0 Å². The highest BCUT2D eigenvalue weighted by molar-refractivity contribution is 7.92. The van der Waals surface area contributed by atoms with Crippen LogP contribution in [0.5, 0.6) is 5.75 Å². The number of nitrogens with zero attached hydrogens (tertiary/aromatic N) is 2. The van der Waals surface area contributed by atoms with Gasteiger partial charge in [-0.2, -0.15) is 0 Å². The van der Waals surface area contributed by atoms with E-state index in [1.165, 1.54) is 0 Å². The van der Waals surface area contributed by atoms with Gasteiger partial charge < -0.3 is 9.64 Å². The van der Waals surface area contributed by atoms with E-state index in [1.807, 2.05) is 29.2 Å². The molecular weight excluding hydrogens is 364 g/mol. The molecule has 1 aromatic carbocycles. The summed E-state index contributed by atoms with van der Waals surface area (Å²) >= 11 is 0.965. The third-order valence-electron chi connectivity index (χ3n) is 4.23. The van der Waals surface area contributed by atoms with Gasteiger partial charge in [0.05, 0.1) is 18.1 Å². The molecule has 0 bridgehead atoms. The first kappa shape index (κ1) is 17.7. The maximum Gasteiger partial charge on any atom is 0.305 e. The summed E-state index contributed by atoms with van der Waals surface area (Å²) < 4.78 is 28.9. The molecule has 1 aliphatic heterocycles. The van der Waals surface area contributed by atoms with Crippen LogP contribution in [-0.2, 0) is 9.84 Å². The summed E-state index contributed by atoms with van der Waals surface area (Å²) in [6.07, 6.45) is 2.79. The Labute approximate surface area is 149 Å². The number of ether oxygens (including phenoxy) is 1. The molecule has 2 aromatic rings. The molecule has 3 rings (SSSR count). The Morgan fingerprint density at radius 3 is 2.76 bits per heavy atom. The molecule has 0 N–H and O–H groups in total. The monoisotopic (exact) mass is 382 g/mol. The molecule has 1 aliphatic rings. The Morgan fingerprint density at radius 2 is 2.12 bits per heavy atom. The molecule has 9 heteroatoms. The van der Waals surface area contributed by atoms with E-state index in [0.29, 0.717) is 11.5 Å². The highest BCUT2D eigenvalue weighted by atomic mass is 32.2. The number of hydrogen-bond acceptors (Lipinski definition) is 7. The van der Waals surface area contributed by atoms with E-state index in [9.17, 15) is 18.5 Å². The SMILES string of the molecule is COc1cccc(C2CCCN2c2sc(S(C)(=O)=O)cc2[N+](=O)[O-])c1. The maximum atomic E-state index is 11.8. The number of sulfone groups is 1. The first-order valence-electron chi connectivity index (χ1n) is 7.70. The van der Waals surface area contributed by atoms with Crippen molar-refractivity contribution in [3.05, 3.63) is 46.0 Å². The number of methoxy groups -OCH3 is 1. The predicted octanol–water partition coefficient (Wildman–Crippen LogP) is 3.41. The van der Waals surface area contributed by atoms with E-state index in [-0.39, 0.29) is 15.9 Å². The van der Waals surface area contributed by atoms with Crippen molar-refractivity contribution in [3.63, 3.8) is 0 Å². The molecule has 1 aromatic heterocycles. The van der Waals surface area contributed by atoms with Gasteiger partial charge >= 0.3 is 5.69 Å². The molecule has 0 aliphatic carbocycles. The van der Waals surface area contributed by atoms with Crippen molar-refractivity contribution in [2.75, 3.05) is 24.8 Å². The van der Waals surface area contributed by atoms with Crippen molar-refractivity contribution in [1.29, 1.82) is 0 Å². The Kier molecular flexibility index (Phi) is 4.70. The molecule has 1 unspecified atom stereocenters. The van der Waals surface area contributed by atoms with Crippen LogP contribution in [-0.4, -0.2) is 33.3 Å². The smallest absolute Gasteiger partial charge is 0.305 e. The largest absolute Gasteiger partial charge is 0.497 e. The minimum absolute atomic E-state index is 0.0190. The third-order valence-corrected chi connectivity index (χ3v) is 7.19. The van der Waals surface area contributed by atoms with Crippen LogP contribution in [0.25, 0.3) is 0 Å². The second-order valence-corrected chi connectivity index (χ2v) is 9.19. The van der Waals surface area contributed by atoms with E-state index >= 15 is 0 Å². The first-order valence-corrected chi connectivity index (χ1v) is 10.4. The van der Waals surface area contributed by atoms with Crippen LogP contribution in [0.15, 0.2) is 34.5 Å². The van der Waals surface area contributed by atoms with Crippen molar-refractivity contribution >= 4 is 31.9 Å². The lowest BCUT2D eigenvalue weighted by molar-refractivity contribution is -0.383. The molecule has 1 saturated heterocycles. The maximum absolute atomic E-state index is 11.8. The van der Waals surface area contributed by atoms with E-state index < -0.39 is 14.8 Å². The van der Waals surface area contributed by atoms with Crippen LogP contribution < -0.4 is 9.64 Å². The number of nitro groups is 1. The predicted molar refractivity (Wildman–Crippen MR) is 96.4 cm³/mol. The summed E-state index contributed by atoms with van der Waals surface area (Å²) in [6, 6.07) is 8.73. The van der Waals surface area contributed by atoms with Gasteiger partial charge in [-0.25, -0.2) is 8.42 Å². The van der Waals surface area contributed by atoms with Crippen molar-refractivity contribution in [2.24, 2.45) is 0 Å². The Morgan fingerprint density at radius 1 is 1.36 bits per heavy atom. The Hall–Kier alpha value is -2.13.